The van der Waals surface area contributed by atoms with Crippen LogP contribution in [0.3, 0.4) is 0 Å². The summed E-state index contributed by atoms with van der Waals surface area (Å²) in [4.78, 5) is 35.4. The maximum atomic E-state index is 11.9. The van der Waals surface area contributed by atoms with E-state index in [9.17, 15) is 19.7 Å². The predicted octanol–water partition coefficient (Wildman–Crippen LogP) is 1.30. The van der Waals surface area contributed by atoms with E-state index < -0.39 is 16.7 Å². The first kappa shape index (κ1) is 16.6. The molecular formula is C15H18N4O4. The van der Waals surface area contributed by atoms with E-state index in [0.29, 0.717) is 24.6 Å². The molecule has 8 nitrogen and oxygen atoms in total. The Morgan fingerprint density at radius 1 is 1.39 bits per heavy atom. The molecule has 8 heteroatoms. The summed E-state index contributed by atoms with van der Waals surface area (Å²) in [7, 11) is 0. The summed E-state index contributed by atoms with van der Waals surface area (Å²) < 4.78 is 0. The van der Waals surface area contributed by atoms with Crippen molar-refractivity contribution < 1.29 is 14.5 Å². The number of benzene rings is 1. The smallest absolute Gasteiger partial charge is 0.329 e. The number of hydrogen-bond donors (Lipinski definition) is 1. The van der Waals surface area contributed by atoms with Gasteiger partial charge in [0.15, 0.2) is 0 Å². The van der Waals surface area contributed by atoms with E-state index in [2.05, 4.69) is 17.5 Å². The third-order valence-corrected chi connectivity index (χ3v) is 3.73. The second kappa shape index (κ2) is 7.48. The van der Waals surface area contributed by atoms with Crippen molar-refractivity contribution in [2.75, 3.05) is 13.1 Å². The lowest BCUT2D eigenvalue weighted by atomic mass is 9.99. The molecule has 0 spiro atoms. The summed E-state index contributed by atoms with van der Waals surface area (Å²) in [5.74, 6) is -0.844. The molecule has 2 amide bonds. The zero-order chi connectivity index (χ0) is 16.8. The first-order valence-corrected chi connectivity index (χ1v) is 7.34. The molecule has 0 unspecified atom stereocenters. The third-order valence-electron chi connectivity index (χ3n) is 3.73. The molecule has 1 fully saturated rings. The number of likely N-dealkylation sites (tertiary alicyclic amines) is 1. The van der Waals surface area contributed by atoms with E-state index >= 15 is 0 Å². The monoisotopic (exact) mass is 318 g/mol. The van der Waals surface area contributed by atoms with Crippen LogP contribution in [-0.2, 0) is 9.59 Å². The number of carbonyl (C=O) groups is 2. The second-order valence-electron chi connectivity index (χ2n) is 5.53. The van der Waals surface area contributed by atoms with Crippen molar-refractivity contribution >= 4 is 23.7 Å². The number of nitrogens with one attached hydrogen (secondary N) is 1. The molecule has 0 bridgehead atoms. The van der Waals surface area contributed by atoms with Crippen LogP contribution in [0.15, 0.2) is 29.4 Å². The predicted molar refractivity (Wildman–Crippen MR) is 83.8 cm³/mol. The Kier molecular flexibility index (Phi) is 5.40. The van der Waals surface area contributed by atoms with Crippen LogP contribution in [0.2, 0.25) is 0 Å². The Labute approximate surface area is 133 Å². The number of nitro groups is 1. The normalized spacial score (nSPS) is 15.6. The molecule has 0 radical (unpaired) electrons. The average molecular weight is 318 g/mol. The largest absolute Gasteiger partial charge is 0.334 e. The van der Waals surface area contributed by atoms with E-state index in [1.807, 2.05) is 0 Å². The Morgan fingerprint density at radius 3 is 2.74 bits per heavy atom. The summed E-state index contributed by atoms with van der Waals surface area (Å²) in [6, 6.07) is 5.80. The number of nitro benzene ring substituents is 1. The molecule has 122 valence electrons. The zero-order valence-corrected chi connectivity index (χ0v) is 12.8. The van der Waals surface area contributed by atoms with Gasteiger partial charge in [-0.1, -0.05) is 19.1 Å². The van der Waals surface area contributed by atoms with Crippen molar-refractivity contribution in [2.45, 2.75) is 19.8 Å². The quantitative estimate of drug-likeness (QED) is 0.392. The van der Waals surface area contributed by atoms with Crippen molar-refractivity contribution in [3.05, 3.63) is 39.9 Å². The fraction of sp³-hybridized carbons (Fsp3) is 0.400. The molecule has 1 aromatic rings. The highest BCUT2D eigenvalue weighted by atomic mass is 16.6. The van der Waals surface area contributed by atoms with Crippen LogP contribution in [-0.4, -0.2) is 40.9 Å². The van der Waals surface area contributed by atoms with Gasteiger partial charge >= 0.3 is 11.8 Å². The zero-order valence-electron chi connectivity index (χ0n) is 12.8. The average Bonchev–Trinajstić information content (AvgIpc) is 2.55. The number of hydrogen-bond acceptors (Lipinski definition) is 5. The lowest BCUT2D eigenvalue weighted by Crippen LogP contribution is -2.45. The van der Waals surface area contributed by atoms with E-state index in [1.165, 1.54) is 29.3 Å². The minimum atomic E-state index is -0.804. The van der Waals surface area contributed by atoms with Gasteiger partial charge in [-0.3, -0.25) is 19.7 Å². The highest BCUT2D eigenvalue weighted by Gasteiger charge is 2.25. The number of non-ortho nitro benzene ring substituents is 1. The molecule has 0 atom stereocenters. The lowest BCUT2D eigenvalue weighted by Gasteiger charge is -2.29. The highest BCUT2D eigenvalue weighted by molar-refractivity contribution is 6.35. The number of carbonyl (C=O) groups excluding carboxylic acids is 2. The van der Waals surface area contributed by atoms with Gasteiger partial charge in [-0.15, -0.1) is 0 Å². The molecule has 2 rings (SSSR count). The molecule has 0 saturated carbocycles. The van der Waals surface area contributed by atoms with Crippen molar-refractivity contribution in [3.63, 3.8) is 0 Å². The highest BCUT2D eigenvalue weighted by Crippen LogP contribution is 2.15. The fourth-order valence-electron chi connectivity index (χ4n) is 2.29. The first-order chi connectivity index (χ1) is 11.0. The molecular weight excluding hydrogens is 300 g/mol. The molecule has 1 aliphatic rings. The first-order valence-electron chi connectivity index (χ1n) is 7.34. The van der Waals surface area contributed by atoms with Crippen LogP contribution in [0, 0.1) is 16.0 Å². The minimum absolute atomic E-state index is 0.0706. The number of hydrazone groups is 1. The van der Waals surface area contributed by atoms with Crippen LogP contribution in [0.5, 0.6) is 0 Å². The van der Waals surface area contributed by atoms with Gasteiger partial charge in [0.25, 0.3) is 5.69 Å². The van der Waals surface area contributed by atoms with E-state index in [4.69, 9.17) is 0 Å². The van der Waals surface area contributed by atoms with E-state index in [-0.39, 0.29) is 5.69 Å². The fourth-order valence-corrected chi connectivity index (χ4v) is 2.29. The van der Waals surface area contributed by atoms with Gasteiger partial charge in [0, 0.05) is 30.8 Å². The Morgan fingerprint density at radius 2 is 2.09 bits per heavy atom. The van der Waals surface area contributed by atoms with Gasteiger partial charge in [0.2, 0.25) is 0 Å². The summed E-state index contributed by atoms with van der Waals surface area (Å²) in [5, 5.41) is 14.3. The maximum absolute atomic E-state index is 11.9. The van der Waals surface area contributed by atoms with Crippen LogP contribution >= 0.6 is 0 Å². The van der Waals surface area contributed by atoms with Crippen LogP contribution in [0.4, 0.5) is 5.69 Å². The number of piperidine rings is 1. The van der Waals surface area contributed by atoms with Crippen molar-refractivity contribution in [1.82, 2.24) is 10.3 Å². The van der Waals surface area contributed by atoms with Gasteiger partial charge in [-0.25, -0.2) is 5.43 Å². The minimum Gasteiger partial charge on any atom is -0.334 e. The summed E-state index contributed by atoms with van der Waals surface area (Å²) in [6.45, 7) is 3.26. The standard InChI is InChI=1S/C15H18N4O4/c1-11-5-7-18(8-6-11)15(21)14(20)17-16-10-12-3-2-4-13(9-12)19(22)23/h2-4,9-11H,5-8H2,1H3,(H,17,20)/b16-10+. The Bertz CT molecular complexity index is 636. The van der Waals surface area contributed by atoms with Gasteiger partial charge < -0.3 is 4.90 Å². The van der Waals surface area contributed by atoms with Crippen LogP contribution in [0.25, 0.3) is 0 Å². The van der Waals surface area contributed by atoms with Gasteiger partial charge in [-0.05, 0) is 18.8 Å². The van der Waals surface area contributed by atoms with Gasteiger partial charge in [0.1, 0.15) is 0 Å². The van der Waals surface area contributed by atoms with E-state index in [0.717, 1.165) is 12.8 Å². The molecule has 1 saturated heterocycles. The van der Waals surface area contributed by atoms with Crippen molar-refractivity contribution in [1.29, 1.82) is 0 Å². The number of nitrogens with zero attached hydrogens (tertiary/aromatic N) is 3. The SMILES string of the molecule is CC1CCN(C(=O)C(=O)N/N=C/c2cccc([N+](=O)[O-])c2)CC1. The van der Waals surface area contributed by atoms with Gasteiger partial charge in [-0.2, -0.15) is 5.10 Å². The Hall–Kier alpha value is -2.77. The molecule has 1 aliphatic heterocycles. The summed E-state index contributed by atoms with van der Waals surface area (Å²) in [5.41, 5.74) is 2.54. The lowest BCUT2D eigenvalue weighted by molar-refractivity contribution is -0.384. The topological polar surface area (TPSA) is 105 Å². The number of rotatable bonds is 3. The van der Waals surface area contributed by atoms with Crippen molar-refractivity contribution in [2.24, 2.45) is 11.0 Å². The Balaban J connectivity index is 1.89. The molecule has 0 aromatic heterocycles. The maximum Gasteiger partial charge on any atom is 0.329 e. The molecule has 1 aromatic carbocycles. The van der Waals surface area contributed by atoms with Crippen molar-refractivity contribution in [3.8, 4) is 0 Å². The van der Waals surface area contributed by atoms with Crippen LogP contribution in [0.1, 0.15) is 25.3 Å². The van der Waals surface area contributed by atoms with E-state index in [1.54, 1.807) is 6.07 Å². The summed E-state index contributed by atoms with van der Waals surface area (Å²) in [6.07, 6.45) is 3.03. The molecule has 1 N–H and O–H groups in total. The van der Waals surface area contributed by atoms with Crippen LogP contribution < -0.4 is 5.43 Å². The number of amides is 2. The molecule has 0 aliphatic carbocycles. The summed E-state index contributed by atoms with van der Waals surface area (Å²) >= 11 is 0. The second-order valence-corrected chi connectivity index (χ2v) is 5.53. The molecule has 1 heterocycles. The van der Waals surface area contributed by atoms with Gasteiger partial charge in [0.05, 0.1) is 11.1 Å². The molecule has 23 heavy (non-hydrogen) atoms. The third kappa shape index (κ3) is 4.60.